The lowest BCUT2D eigenvalue weighted by Crippen LogP contribution is -2.48. The Balaban J connectivity index is 1.24. The first kappa shape index (κ1) is 20.0. The first-order valence-corrected chi connectivity index (χ1v) is 10.7. The molecular formula is C20H22ClN5O2S. The van der Waals surface area contributed by atoms with Crippen molar-refractivity contribution in [3.8, 4) is 10.7 Å². The molecule has 152 valence electrons. The Morgan fingerprint density at radius 2 is 2.03 bits per heavy atom. The van der Waals surface area contributed by atoms with Gasteiger partial charge in [-0.2, -0.15) is 4.98 Å². The van der Waals surface area contributed by atoms with E-state index in [4.69, 9.17) is 16.1 Å². The number of hydrogen-bond acceptors (Lipinski definition) is 7. The maximum atomic E-state index is 12.4. The van der Waals surface area contributed by atoms with Gasteiger partial charge in [-0.15, -0.1) is 11.3 Å². The Kier molecular flexibility index (Phi) is 6.25. The lowest BCUT2D eigenvalue weighted by molar-refractivity contribution is -0.117. The van der Waals surface area contributed by atoms with Gasteiger partial charge in [0.2, 0.25) is 17.6 Å². The number of piperazine rings is 1. The highest BCUT2D eigenvalue weighted by Crippen LogP contribution is 2.22. The smallest absolute Gasteiger partial charge is 0.241 e. The van der Waals surface area contributed by atoms with E-state index in [0.717, 1.165) is 42.3 Å². The Hall–Kier alpha value is -2.26. The Labute approximate surface area is 178 Å². The summed E-state index contributed by atoms with van der Waals surface area (Å²) in [5.41, 5.74) is 1.76. The van der Waals surface area contributed by atoms with Crippen LogP contribution in [0.1, 0.15) is 11.5 Å². The van der Waals surface area contributed by atoms with Gasteiger partial charge in [0.05, 0.1) is 18.0 Å². The van der Waals surface area contributed by atoms with Crippen molar-refractivity contribution in [2.75, 3.05) is 38.0 Å². The number of benzene rings is 1. The van der Waals surface area contributed by atoms with Crippen LogP contribution in [0.2, 0.25) is 5.02 Å². The minimum absolute atomic E-state index is 0.0266. The SMILES string of the molecule is Cc1ccc(Cl)cc1NC(=O)CN1CCN(Cc2nc(-c3cccs3)no2)CC1. The lowest BCUT2D eigenvalue weighted by atomic mass is 10.2. The fourth-order valence-electron chi connectivity index (χ4n) is 3.24. The summed E-state index contributed by atoms with van der Waals surface area (Å²) in [5, 5.41) is 9.62. The third-order valence-corrected chi connectivity index (χ3v) is 5.98. The van der Waals surface area contributed by atoms with Crippen LogP contribution in [-0.2, 0) is 11.3 Å². The molecule has 3 aromatic rings. The second-order valence-electron chi connectivity index (χ2n) is 7.05. The summed E-state index contributed by atoms with van der Waals surface area (Å²) >= 11 is 7.61. The van der Waals surface area contributed by atoms with Gasteiger partial charge in [-0.25, -0.2) is 0 Å². The number of anilines is 1. The van der Waals surface area contributed by atoms with Crippen molar-refractivity contribution in [2.24, 2.45) is 0 Å². The van der Waals surface area contributed by atoms with Crippen molar-refractivity contribution in [3.05, 3.63) is 52.2 Å². The van der Waals surface area contributed by atoms with Gasteiger partial charge < -0.3 is 9.84 Å². The molecule has 1 aliphatic rings. The summed E-state index contributed by atoms with van der Waals surface area (Å²) in [6.45, 7) is 6.26. The standard InChI is InChI=1S/C20H22ClN5O2S/c1-14-4-5-15(21)11-16(14)22-18(27)12-25-6-8-26(9-7-25)13-19-23-20(24-28-19)17-3-2-10-29-17/h2-5,10-11H,6-9,12-13H2,1H3,(H,22,27). The molecule has 1 aliphatic heterocycles. The Morgan fingerprint density at radius 3 is 2.79 bits per heavy atom. The summed E-state index contributed by atoms with van der Waals surface area (Å²) in [6.07, 6.45) is 0. The van der Waals surface area contributed by atoms with Crippen LogP contribution in [0.4, 0.5) is 5.69 Å². The van der Waals surface area contributed by atoms with Crippen molar-refractivity contribution < 1.29 is 9.32 Å². The van der Waals surface area contributed by atoms with Crippen molar-refractivity contribution in [1.82, 2.24) is 19.9 Å². The topological polar surface area (TPSA) is 74.5 Å². The number of aryl methyl sites for hydroxylation is 1. The molecule has 0 radical (unpaired) electrons. The highest BCUT2D eigenvalue weighted by molar-refractivity contribution is 7.13. The molecule has 0 spiro atoms. The second-order valence-corrected chi connectivity index (χ2v) is 8.43. The summed E-state index contributed by atoms with van der Waals surface area (Å²) in [5.74, 6) is 1.24. The predicted octanol–water partition coefficient (Wildman–Crippen LogP) is 3.52. The van der Waals surface area contributed by atoms with Crippen molar-refractivity contribution in [1.29, 1.82) is 0 Å². The number of thiophene rings is 1. The molecule has 0 unspecified atom stereocenters. The van der Waals surface area contributed by atoms with E-state index < -0.39 is 0 Å². The van der Waals surface area contributed by atoms with Gasteiger partial charge in [-0.3, -0.25) is 14.6 Å². The molecule has 1 amide bonds. The van der Waals surface area contributed by atoms with Crippen LogP contribution in [-0.4, -0.2) is 58.6 Å². The molecule has 1 N–H and O–H groups in total. The molecule has 1 saturated heterocycles. The fraction of sp³-hybridized carbons (Fsp3) is 0.350. The average molecular weight is 432 g/mol. The number of nitrogens with zero attached hydrogens (tertiary/aromatic N) is 4. The molecule has 0 saturated carbocycles. The number of rotatable bonds is 6. The van der Waals surface area contributed by atoms with Crippen LogP contribution in [0.15, 0.2) is 40.2 Å². The van der Waals surface area contributed by atoms with Crippen LogP contribution in [0, 0.1) is 6.92 Å². The van der Waals surface area contributed by atoms with Gasteiger partial charge >= 0.3 is 0 Å². The number of carbonyl (C=O) groups is 1. The summed E-state index contributed by atoms with van der Waals surface area (Å²) < 4.78 is 5.39. The maximum Gasteiger partial charge on any atom is 0.241 e. The minimum Gasteiger partial charge on any atom is -0.338 e. The highest BCUT2D eigenvalue weighted by Gasteiger charge is 2.21. The van der Waals surface area contributed by atoms with Crippen LogP contribution < -0.4 is 5.32 Å². The van der Waals surface area contributed by atoms with E-state index in [0.29, 0.717) is 29.8 Å². The normalized spacial score (nSPS) is 15.5. The largest absolute Gasteiger partial charge is 0.338 e. The first-order valence-electron chi connectivity index (χ1n) is 9.44. The molecule has 4 rings (SSSR count). The van der Waals surface area contributed by atoms with E-state index in [2.05, 4.69) is 25.3 Å². The second kappa shape index (κ2) is 9.04. The van der Waals surface area contributed by atoms with Crippen LogP contribution in [0.25, 0.3) is 10.7 Å². The van der Waals surface area contributed by atoms with E-state index in [1.807, 2.05) is 36.6 Å². The number of halogens is 1. The first-order chi connectivity index (χ1) is 14.1. The highest BCUT2D eigenvalue weighted by atomic mass is 35.5. The van der Waals surface area contributed by atoms with E-state index in [1.54, 1.807) is 17.4 Å². The molecule has 2 aromatic heterocycles. The minimum atomic E-state index is -0.0266. The molecule has 9 heteroatoms. The van der Waals surface area contributed by atoms with Gasteiger partial charge in [0.15, 0.2) is 0 Å². The Morgan fingerprint density at radius 1 is 1.24 bits per heavy atom. The number of hydrogen-bond donors (Lipinski definition) is 1. The van der Waals surface area contributed by atoms with E-state index in [9.17, 15) is 4.79 Å². The molecule has 0 aliphatic carbocycles. The van der Waals surface area contributed by atoms with E-state index in [1.165, 1.54) is 0 Å². The maximum absolute atomic E-state index is 12.4. The van der Waals surface area contributed by atoms with Crippen LogP contribution >= 0.6 is 22.9 Å². The molecule has 1 aromatic carbocycles. The van der Waals surface area contributed by atoms with Gasteiger partial charge in [0.25, 0.3) is 0 Å². The molecule has 7 nitrogen and oxygen atoms in total. The molecule has 3 heterocycles. The van der Waals surface area contributed by atoms with Crippen LogP contribution in [0.3, 0.4) is 0 Å². The molecule has 0 atom stereocenters. The van der Waals surface area contributed by atoms with Crippen molar-refractivity contribution in [3.63, 3.8) is 0 Å². The number of amides is 1. The lowest BCUT2D eigenvalue weighted by Gasteiger charge is -2.33. The van der Waals surface area contributed by atoms with Gasteiger partial charge in [0.1, 0.15) is 0 Å². The summed E-state index contributed by atoms with van der Waals surface area (Å²) in [6, 6.07) is 9.45. The van der Waals surface area contributed by atoms with Crippen molar-refractivity contribution >= 4 is 34.5 Å². The molecular weight excluding hydrogens is 410 g/mol. The summed E-state index contributed by atoms with van der Waals surface area (Å²) in [7, 11) is 0. The van der Waals surface area contributed by atoms with E-state index in [-0.39, 0.29) is 5.91 Å². The van der Waals surface area contributed by atoms with Gasteiger partial charge in [0, 0.05) is 36.9 Å². The van der Waals surface area contributed by atoms with E-state index >= 15 is 0 Å². The molecule has 1 fully saturated rings. The third-order valence-electron chi connectivity index (χ3n) is 4.87. The van der Waals surface area contributed by atoms with Gasteiger partial charge in [-0.1, -0.05) is 28.9 Å². The monoisotopic (exact) mass is 431 g/mol. The zero-order valence-corrected chi connectivity index (χ0v) is 17.7. The molecule has 29 heavy (non-hydrogen) atoms. The number of aromatic nitrogens is 2. The zero-order chi connectivity index (χ0) is 20.2. The van der Waals surface area contributed by atoms with Crippen LogP contribution in [0.5, 0.6) is 0 Å². The van der Waals surface area contributed by atoms with Crippen molar-refractivity contribution in [2.45, 2.75) is 13.5 Å². The number of carbonyl (C=O) groups excluding carboxylic acids is 1. The number of nitrogens with one attached hydrogen (secondary N) is 1. The third kappa shape index (κ3) is 5.22. The Bertz CT molecular complexity index is 967. The summed E-state index contributed by atoms with van der Waals surface area (Å²) in [4.78, 5) is 22.3. The fourth-order valence-corrected chi connectivity index (χ4v) is 4.06. The predicted molar refractivity (Wildman–Crippen MR) is 114 cm³/mol. The average Bonchev–Trinajstić information content (AvgIpc) is 3.38. The zero-order valence-electron chi connectivity index (χ0n) is 16.1. The molecule has 0 bridgehead atoms. The van der Waals surface area contributed by atoms with Gasteiger partial charge in [-0.05, 0) is 36.1 Å². The quantitative estimate of drug-likeness (QED) is 0.643.